The van der Waals surface area contributed by atoms with Crippen molar-refractivity contribution in [2.75, 3.05) is 25.0 Å². The number of non-ortho nitro benzene ring substituents is 1. The van der Waals surface area contributed by atoms with Crippen LogP contribution >= 0.6 is 0 Å². The number of benzene rings is 2. The van der Waals surface area contributed by atoms with Crippen LogP contribution < -0.4 is 4.90 Å². The molecule has 11 heteroatoms. The van der Waals surface area contributed by atoms with Crippen molar-refractivity contribution in [2.24, 2.45) is 10.2 Å². The molecule has 0 saturated heterocycles. The molecule has 0 heterocycles. The number of hydroxylamine groups is 2. The van der Waals surface area contributed by atoms with E-state index in [1.54, 1.807) is 12.1 Å². The molecular formula is C22H27N5O6. The van der Waals surface area contributed by atoms with E-state index in [1.165, 1.54) is 17.2 Å². The topological polar surface area (TPSA) is 138 Å². The summed E-state index contributed by atoms with van der Waals surface area (Å²) in [5, 5.41) is 29.4. The third-order valence-corrected chi connectivity index (χ3v) is 4.37. The summed E-state index contributed by atoms with van der Waals surface area (Å²) in [6.07, 6.45) is 1.37. The lowest BCUT2D eigenvalue weighted by atomic mass is 10.1. The van der Waals surface area contributed by atoms with Gasteiger partial charge in [-0.05, 0) is 57.5 Å². The molecule has 0 aromatic heterocycles. The Morgan fingerprint density at radius 1 is 1.15 bits per heavy atom. The number of carboxylic acid groups (broad SMARTS) is 1. The summed E-state index contributed by atoms with van der Waals surface area (Å²) in [5.41, 5.74) is 0.352. The minimum atomic E-state index is -1.33. The molecule has 0 spiro atoms. The molecule has 176 valence electrons. The van der Waals surface area contributed by atoms with E-state index in [4.69, 9.17) is 4.84 Å². The number of nitrogens with zero attached hydrogens (tertiary/aromatic N) is 5. The van der Waals surface area contributed by atoms with Gasteiger partial charge in [0.1, 0.15) is 5.69 Å². The van der Waals surface area contributed by atoms with Crippen LogP contribution in [0.5, 0.6) is 0 Å². The summed E-state index contributed by atoms with van der Waals surface area (Å²) in [7, 11) is 1.92. The summed E-state index contributed by atoms with van der Waals surface area (Å²) in [6.45, 7) is 6.76. The highest BCUT2D eigenvalue weighted by atomic mass is 16.7. The zero-order valence-corrected chi connectivity index (χ0v) is 19.0. The molecule has 0 unspecified atom stereocenters. The average Bonchev–Trinajstić information content (AvgIpc) is 2.76. The largest absolute Gasteiger partial charge is 0.478 e. The van der Waals surface area contributed by atoms with Gasteiger partial charge in [0, 0.05) is 31.4 Å². The van der Waals surface area contributed by atoms with E-state index in [0.717, 1.165) is 11.8 Å². The molecule has 2 aromatic rings. The van der Waals surface area contributed by atoms with E-state index >= 15 is 0 Å². The van der Waals surface area contributed by atoms with Gasteiger partial charge < -0.3 is 10.0 Å². The van der Waals surface area contributed by atoms with Gasteiger partial charge in [-0.1, -0.05) is 0 Å². The number of anilines is 1. The maximum absolute atomic E-state index is 11.4. The number of carbonyl (C=O) groups is 2. The molecule has 0 saturated carbocycles. The minimum absolute atomic E-state index is 0.0199. The van der Waals surface area contributed by atoms with Crippen LogP contribution in [0.4, 0.5) is 22.7 Å². The standard InChI is InChI=1S/C22H27N5O6/c1-22(2,3)33-26(15-28)13-5-12-25(4)17-8-6-16(7-9-17)23-24-20-11-10-18(27(31)32)14-19(20)21(29)30/h6-11,14-15H,5,12-13H2,1-4H3,(H,29,30). The molecular weight excluding hydrogens is 430 g/mol. The summed E-state index contributed by atoms with van der Waals surface area (Å²) >= 11 is 0. The number of nitro groups is 1. The normalized spacial score (nSPS) is 11.4. The van der Waals surface area contributed by atoms with Crippen LogP contribution in [-0.2, 0) is 9.63 Å². The van der Waals surface area contributed by atoms with E-state index in [0.29, 0.717) is 31.6 Å². The van der Waals surface area contributed by atoms with Gasteiger partial charge in [0.25, 0.3) is 5.69 Å². The van der Waals surface area contributed by atoms with Crippen LogP contribution in [0.25, 0.3) is 0 Å². The van der Waals surface area contributed by atoms with Crippen LogP contribution in [0.2, 0.25) is 0 Å². The average molecular weight is 457 g/mol. The first-order valence-electron chi connectivity index (χ1n) is 10.2. The summed E-state index contributed by atoms with van der Waals surface area (Å²) in [6, 6.07) is 10.5. The molecule has 0 fully saturated rings. The number of hydrogen-bond donors (Lipinski definition) is 1. The molecule has 0 aliphatic rings. The Morgan fingerprint density at radius 3 is 2.36 bits per heavy atom. The number of carboxylic acids is 1. The second kappa shape index (κ2) is 11.1. The molecule has 2 rings (SSSR count). The van der Waals surface area contributed by atoms with Gasteiger partial charge in [0.2, 0.25) is 6.41 Å². The Kier molecular flexibility index (Phi) is 8.57. The fourth-order valence-corrected chi connectivity index (χ4v) is 2.85. The fraction of sp³-hybridized carbons (Fsp3) is 0.364. The lowest BCUT2D eigenvalue weighted by molar-refractivity contribution is -0.384. The first-order valence-corrected chi connectivity index (χ1v) is 10.2. The highest BCUT2D eigenvalue weighted by Gasteiger charge is 2.17. The second-order valence-corrected chi connectivity index (χ2v) is 8.20. The number of nitro benzene ring substituents is 1. The zero-order chi connectivity index (χ0) is 24.6. The molecule has 2 aromatic carbocycles. The van der Waals surface area contributed by atoms with Gasteiger partial charge in [0.15, 0.2) is 0 Å². The number of amides is 1. The molecule has 0 bridgehead atoms. The maximum atomic E-state index is 11.4. The number of azo groups is 1. The van der Waals surface area contributed by atoms with Crippen molar-refractivity contribution < 1.29 is 24.5 Å². The van der Waals surface area contributed by atoms with E-state index in [1.807, 2.05) is 44.9 Å². The van der Waals surface area contributed by atoms with Crippen molar-refractivity contribution in [3.63, 3.8) is 0 Å². The molecule has 1 N–H and O–H groups in total. The first kappa shape index (κ1) is 25.4. The summed E-state index contributed by atoms with van der Waals surface area (Å²) in [4.78, 5) is 40.3. The minimum Gasteiger partial charge on any atom is -0.478 e. The Balaban J connectivity index is 2.00. The van der Waals surface area contributed by atoms with Crippen molar-refractivity contribution in [3.05, 3.63) is 58.1 Å². The molecule has 0 aliphatic heterocycles. The van der Waals surface area contributed by atoms with Crippen LogP contribution in [0.15, 0.2) is 52.7 Å². The van der Waals surface area contributed by atoms with Crippen LogP contribution in [0, 0.1) is 10.1 Å². The van der Waals surface area contributed by atoms with Crippen molar-refractivity contribution in [1.82, 2.24) is 5.06 Å². The number of hydrogen-bond acceptors (Lipinski definition) is 8. The first-order chi connectivity index (χ1) is 15.5. The van der Waals surface area contributed by atoms with Crippen LogP contribution in [-0.4, -0.2) is 53.2 Å². The van der Waals surface area contributed by atoms with Crippen molar-refractivity contribution >= 4 is 35.1 Å². The smallest absolute Gasteiger partial charge is 0.338 e. The summed E-state index contributed by atoms with van der Waals surface area (Å²) < 4.78 is 0. The fourth-order valence-electron chi connectivity index (χ4n) is 2.85. The van der Waals surface area contributed by atoms with Gasteiger partial charge >= 0.3 is 5.97 Å². The van der Waals surface area contributed by atoms with E-state index in [2.05, 4.69) is 10.2 Å². The quantitative estimate of drug-likeness (QED) is 0.223. The Hall–Kier alpha value is -3.86. The van der Waals surface area contributed by atoms with E-state index in [9.17, 15) is 24.8 Å². The lowest BCUT2D eigenvalue weighted by Crippen LogP contribution is -2.35. The zero-order valence-electron chi connectivity index (χ0n) is 19.0. The Bertz CT molecular complexity index is 1020. The van der Waals surface area contributed by atoms with Gasteiger partial charge in [0.05, 0.1) is 28.3 Å². The maximum Gasteiger partial charge on any atom is 0.338 e. The van der Waals surface area contributed by atoms with Crippen molar-refractivity contribution in [1.29, 1.82) is 0 Å². The second-order valence-electron chi connectivity index (χ2n) is 8.20. The third kappa shape index (κ3) is 7.96. The lowest BCUT2D eigenvalue weighted by Gasteiger charge is -2.27. The number of aromatic carboxylic acids is 1. The van der Waals surface area contributed by atoms with Gasteiger partial charge in [-0.3, -0.25) is 19.7 Å². The van der Waals surface area contributed by atoms with E-state index in [-0.39, 0.29) is 16.9 Å². The van der Waals surface area contributed by atoms with Gasteiger partial charge in [-0.25, -0.2) is 9.86 Å². The SMILES string of the molecule is CN(CCCN(C=O)OC(C)(C)C)c1ccc(N=Nc2ccc([N+](=O)[O-])cc2C(=O)O)cc1. The highest BCUT2D eigenvalue weighted by Crippen LogP contribution is 2.27. The number of rotatable bonds is 11. The molecule has 0 aliphatic carbocycles. The highest BCUT2D eigenvalue weighted by molar-refractivity contribution is 5.94. The van der Waals surface area contributed by atoms with E-state index < -0.39 is 16.5 Å². The van der Waals surface area contributed by atoms with Crippen molar-refractivity contribution in [2.45, 2.75) is 32.8 Å². The molecule has 1 amide bonds. The Labute approximate surface area is 191 Å². The number of carbonyl (C=O) groups excluding carboxylic acids is 1. The van der Waals surface area contributed by atoms with Crippen LogP contribution in [0.1, 0.15) is 37.6 Å². The molecule has 33 heavy (non-hydrogen) atoms. The van der Waals surface area contributed by atoms with Crippen molar-refractivity contribution in [3.8, 4) is 0 Å². The third-order valence-electron chi connectivity index (χ3n) is 4.37. The van der Waals surface area contributed by atoms with Gasteiger partial charge in [-0.15, -0.1) is 5.11 Å². The molecule has 0 atom stereocenters. The molecule has 0 radical (unpaired) electrons. The Morgan fingerprint density at radius 2 is 1.82 bits per heavy atom. The van der Waals surface area contributed by atoms with Gasteiger partial charge in [-0.2, -0.15) is 5.11 Å². The predicted molar refractivity (Wildman–Crippen MR) is 122 cm³/mol. The molecule has 11 nitrogen and oxygen atoms in total. The predicted octanol–water partition coefficient (Wildman–Crippen LogP) is 4.72. The summed E-state index contributed by atoms with van der Waals surface area (Å²) in [5.74, 6) is -1.33. The monoisotopic (exact) mass is 457 g/mol. The van der Waals surface area contributed by atoms with Crippen LogP contribution in [0.3, 0.4) is 0 Å².